The third-order valence-electron chi connectivity index (χ3n) is 3.98. The Labute approximate surface area is 137 Å². The molecule has 0 aliphatic carbocycles. The minimum Gasteiger partial charge on any atom is -0.379 e. The fourth-order valence-electron chi connectivity index (χ4n) is 2.79. The maximum atomic E-state index is 5.79. The van der Waals surface area contributed by atoms with E-state index in [1.165, 1.54) is 0 Å². The number of ether oxygens (including phenoxy) is 1. The van der Waals surface area contributed by atoms with Gasteiger partial charge in [-0.15, -0.1) is 0 Å². The zero-order chi connectivity index (χ0) is 16.1. The molecule has 0 unspecified atom stereocenters. The zero-order valence-electron chi connectivity index (χ0n) is 13.7. The van der Waals surface area contributed by atoms with E-state index < -0.39 is 0 Å². The third kappa shape index (κ3) is 4.16. The predicted molar refractivity (Wildman–Crippen MR) is 90.8 cm³/mol. The third-order valence-corrected chi connectivity index (χ3v) is 3.98. The van der Waals surface area contributed by atoms with E-state index in [0.29, 0.717) is 5.92 Å². The van der Waals surface area contributed by atoms with E-state index in [9.17, 15) is 0 Å². The number of rotatable bonds is 4. The van der Waals surface area contributed by atoms with Gasteiger partial charge >= 0.3 is 0 Å². The lowest BCUT2D eigenvalue weighted by molar-refractivity contribution is 0.123. The van der Waals surface area contributed by atoms with E-state index in [1.54, 1.807) is 6.33 Å². The van der Waals surface area contributed by atoms with Crippen LogP contribution in [0.2, 0.25) is 0 Å². The van der Waals surface area contributed by atoms with Crippen LogP contribution in [0.15, 0.2) is 36.8 Å². The second kappa shape index (κ2) is 7.37. The van der Waals surface area contributed by atoms with E-state index in [2.05, 4.69) is 32.0 Å². The molecule has 0 aromatic carbocycles. The first-order valence-corrected chi connectivity index (χ1v) is 7.94. The molecule has 0 amide bonds. The van der Waals surface area contributed by atoms with Gasteiger partial charge in [0.15, 0.2) is 0 Å². The molecule has 1 fully saturated rings. The van der Waals surface area contributed by atoms with E-state index in [-0.39, 0.29) is 0 Å². The Bertz CT molecular complexity index is 619. The summed E-state index contributed by atoms with van der Waals surface area (Å²) in [6.45, 7) is 3.29. The van der Waals surface area contributed by atoms with Crippen molar-refractivity contribution in [2.24, 2.45) is 5.92 Å². The van der Waals surface area contributed by atoms with Crippen LogP contribution < -0.4 is 9.80 Å². The molecule has 0 saturated carbocycles. The average molecular weight is 313 g/mol. The molecule has 3 rings (SSSR count). The maximum Gasteiger partial charge on any atom is 0.131 e. The number of hydrogen-bond acceptors (Lipinski definition) is 6. The van der Waals surface area contributed by atoms with E-state index in [4.69, 9.17) is 4.74 Å². The molecule has 1 saturated heterocycles. The molecular weight excluding hydrogens is 290 g/mol. The molecule has 0 radical (unpaired) electrons. The van der Waals surface area contributed by atoms with Crippen molar-refractivity contribution in [2.75, 3.05) is 50.2 Å². The summed E-state index contributed by atoms with van der Waals surface area (Å²) in [6.07, 6.45) is 4.36. The molecule has 122 valence electrons. The van der Waals surface area contributed by atoms with Crippen LogP contribution in [0.1, 0.15) is 5.69 Å². The second-order valence-corrected chi connectivity index (χ2v) is 6.04. The number of aromatic nitrogens is 3. The van der Waals surface area contributed by atoms with Gasteiger partial charge in [0.2, 0.25) is 0 Å². The molecule has 1 aliphatic rings. The highest BCUT2D eigenvalue weighted by Gasteiger charge is 2.20. The van der Waals surface area contributed by atoms with Crippen molar-refractivity contribution < 1.29 is 4.74 Å². The minimum absolute atomic E-state index is 0.393. The summed E-state index contributed by atoms with van der Waals surface area (Å²) >= 11 is 0. The van der Waals surface area contributed by atoms with Gasteiger partial charge in [0.05, 0.1) is 13.2 Å². The molecule has 23 heavy (non-hydrogen) atoms. The highest BCUT2D eigenvalue weighted by molar-refractivity contribution is 5.39. The molecule has 1 aliphatic heterocycles. The summed E-state index contributed by atoms with van der Waals surface area (Å²) < 4.78 is 5.79. The topological polar surface area (TPSA) is 54.4 Å². The number of hydrogen-bond donors (Lipinski definition) is 0. The van der Waals surface area contributed by atoms with Gasteiger partial charge in [-0.3, -0.25) is 0 Å². The number of anilines is 2. The van der Waals surface area contributed by atoms with Gasteiger partial charge in [0.1, 0.15) is 18.0 Å². The van der Waals surface area contributed by atoms with Crippen LogP contribution in [0.5, 0.6) is 0 Å². The Kier molecular flexibility index (Phi) is 5.02. The van der Waals surface area contributed by atoms with Crippen LogP contribution in [0.3, 0.4) is 0 Å². The van der Waals surface area contributed by atoms with Crippen LogP contribution in [0, 0.1) is 5.92 Å². The van der Waals surface area contributed by atoms with E-state index >= 15 is 0 Å². The van der Waals surface area contributed by atoms with Gasteiger partial charge in [-0.2, -0.15) is 0 Å². The van der Waals surface area contributed by atoms with Gasteiger partial charge in [0, 0.05) is 51.1 Å². The summed E-state index contributed by atoms with van der Waals surface area (Å²) in [5.41, 5.74) is 1.06. The standard InChI is InChI=1S/C17H23N5O/c1-21(2)17-10-15(19-13-20-17)9-14-11-22(7-8-23-12-14)16-5-3-4-6-18-16/h3-6,10,13-14H,7-9,11-12H2,1-2H3/t14-/m1/s1. The largest absolute Gasteiger partial charge is 0.379 e. The van der Waals surface area contributed by atoms with Crippen molar-refractivity contribution in [3.63, 3.8) is 0 Å². The summed E-state index contributed by atoms with van der Waals surface area (Å²) in [5.74, 6) is 2.34. The van der Waals surface area contributed by atoms with Crippen molar-refractivity contribution in [2.45, 2.75) is 6.42 Å². The van der Waals surface area contributed by atoms with Gasteiger partial charge < -0.3 is 14.5 Å². The quantitative estimate of drug-likeness (QED) is 0.855. The summed E-state index contributed by atoms with van der Waals surface area (Å²) in [4.78, 5) is 17.4. The molecular formula is C17H23N5O. The first-order valence-electron chi connectivity index (χ1n) is 7.94. The molecule has 2 aromatic rings. The zero-order valence-corrected chi connectivity index (χ0v) is 13.7. The van der Waals surface area contributed by atoms with E-state index in [0.717, 1.165) is 50.1 Å². The van der Waals surface area contributed by atoms with Crippen LogP contribution in [-0.2, 0) is 11.2 Å². The fourth-order valence-corrected chi connectivity index (χ4v) is 2.79. The molecule has 6 heteroatoms. The average Bonchev–Trinajstić information content (AvgIpc) is 2.81. The monoisotopic (exact) mass is 313 g/mol. The van der Waals surface area contributed by atoms with Gasteiger partial charge in [-0.25, -0.2) is 15.0 Å². The van der Waals surface area contributed by atoms with E-state index in [1.807, 2.05) is 37.3 Å². The van der Waals surface area contributed by atoms with Crippen LogP contribution in [-0.4, -0.2) is 55.4 Å². The van der Waals surface area contributed by atoms with Crippen LogP contribution in [0.25, 0.3) is 0 Å². The molecule has 6 nitrogen and oxygen atoms in total. The first kappa shape index (κ1) is 15.7. The molecule has 0 N–H and O–H groups in total. The molecule has 3 heterocycles. The van der Waals surface area contributed by atoms with Gasteiger partial charge in [-0.1, -0.05) is 6.07 Å². The molecule has 0 bridgehead atoms. The second-order valence-electron chi connectivity index (χ2n) is 6.04. The summed E-state index contributed by atoms with van der Waals surface area (Å²) in [5, 5.41) is 0. The fraction of sp³-hybridized carbons (Fsp3) is 0.471. The smallest absolute Gasteiger partial charge is 0.131 e. The summed E-state index contributed by atoms with van der Waals surface area (Å²) in [7, 11) is 3.98. The molecule has 2 aromatic heterocycles. The number of pyridine rings is 1. The van der Waals surface area contributed by atoms with Crippen LogP contribution in [0.4, 0.5) is 11.6 Å². The minimum atomic E-state index is 0.393. The first-order chi connectivity index (χ1) is 11.2. The lowest BCUT2D eigenvalue weighted by Gasteiger charge is -2.24. The Morgan fingerprint density at radius 1 is 1.26 bits per heavy atom. The van der Waals surface area contributed by atoms with Crippen molar-refractivity contribution in [1.82, 2.24) is 15.0 Å². The van der Waals surface area contributed by atoms with Gasteiger partial charge in [-0.05, 0) is 18.6 Å². The Balaban J connectivity index is 1.70. The molecule has 1 atom stereocenters. The Morgan fingerprint density at radius 2 is 2.17 bits per heavy atom. The van der Waals surface area contributed by atoms with Crippen LogP contribution >= 0.6 is 0 Å². The van der Waals surface area contributed by atoms with Crippen molar-refractivity contribution in [3.8, 4) is 0 Å². The maximum absolute atomic E-state index is 5.79. The lowest BCUT2D eigenvalue weighted by Crippen LogP contribution is -2.31. The highest BCUT2D eigenvalue weighted by atomic mass is 16.5. The SMILES string of the molecule is CN(C)c1cc(C[C@H]2COCCN(c3ccccn3)C2)ncn1. The summed E-state index contributed by atoms with van der Waals surface area (Å²) in [6, 6.07) is 8.07. The predicted octanol–water partition coefficient (Wildman–Crippen LogP) is 1.63. The Hall–Kier alpha value is -2.21. The Morgan fingerprint density at radius 3 is 2.96 bits per heavy atom. The van der Waals surface area contributed by atoms with Crippen molar-refractivity contribution >= 4 is 11.6 Å². The van der Waals surface area contributed by atoms with Crippen molar-refractivity contribution in [1.29, 1.82) is 0 Å². The normalized spacial score (nSPS) is 18.5. The lowest BCUT2D eigenvalue weighted by atomic mass is 10.0. The van der Waals surface area contributed by atoms with Gasteiger partial charge in [0.25, 0.3) is 0 Å². The molecule has 0 spiro atoms. The van der Waals surface area contributed by atoms with Crippen molar-refractivity contribution in [3.05, 3.63) is 42.5 Å². The highest BCUT2D eigenvalue weighted by Crippen LogP contribution is 2.18. The number of nitrogens with zero attached hydrogens (tertiary/aromatic N) is 5.